The number of methoxy groups -OCH3 is 1. The molecule has 1 aromatic rings. The molecule has 0 spiro atoms. The molecule has 2 N–H and O–H groups in total. The largest absolute Gasteiger partial charge is 0.476 e. The van der Waals surface area contributed by atoms with E-state index in [1.54, 1.807) is 7.11 Å². The second-order valence-corrected chi connectivity index (χ2v) is 3.09. The fourth-order valence-corrected chi connectivity index (χ4v) is 1.01. The van der Waals surface area contributed by atoms with Gasteiger partial charge in [0.05, 0.1) is 32.2 Å². The Hall–Kier alpha value is -1.40. The minimum absolute atomic E-state index is 0.355. The van der Waals surface area contributed by atoms with Gasteiger partial charge in [-0.1, -0.05) is 0 Å². The lowest BCUT2D eigenvalue weighted by Crippen LogP contribution is -2.07. The number of hydrogen-bond acceptors (Lipinski definition) is 6. The summed E-state index contributed by atoms with van der Waals surface area (Å²) in [6.45, 7) is 2.39. The van der Waals surface area contributed by atoms with Gasteiger partial charge in [-0.15, -0.1) is 0 Å². The molecule has 0 bridgehead atoms. The molecule has 16 heavy (non-hydrogen) atoms. The third-order valence-corrected chi connectivity index (χ3v) is 1.75. The number of hydrogen-bond donors (Lipinski definition) is 1. The zero-order chi connectivity index (χ0) is 11.6. The maximum atomic E-state index is 5.45. The number of nitrogens with zero attached hydrogens (tertiary/aromatic N) is 2. The van der Waals surface area contributed by atoms with Gasteiger partial charge in [-0.05, 0) is 0 Å². The van der Waals surface area contributed by atoms with Gasteiger partial charge in [0, 0.05) is 20.1 Å². The first kappa shape index (κ1) is 12.7. The summed E-state index contributed by atoms with van der Waals surface area (Å²) in [4.78, 5) is 7.82. The molecule has 0 saturated heterocycles. The lowest BCUT2D eigenvalue weighted by molar-refractivity contribution is 0.0642. The van der Waals surface area contributed by atoms with E-state index in [-0.39, 0.29) is 0 Å². The molecule has 0 atom stereocenters. The maximum absolute atomic E-state index is 5.45. The van der Waals surface area contributed by atoms with E-state index in [0.717, 1.165) is 6.42 Å². The third-order valence-electron chi connectivity index (χ3n) is 1.75. The summed E-state index contributed by atoms with van der Waals surface area (Å²) >= 11 is 0. The van der Waals surface area contributed by atoms with Gasteiger partial charge >= 0.3 is 0 Å². The predicted octanol–water partition coefficient (Wildman–Crippen LogP) is 0.491. The molecule has 0 aromatic carbocycles. The Morgan fingerprint density at radius 1 is 1.19 bits per heavy atom. The van der Waals surface area contributed by atoms with Crippen LogP contribution in [0.15, 0.2) is 12.4 Å². The first-order chi connectivity index (χ1) is 7.83. The van der Waals surface area contributed by atoms with Crippen LogP contribution in [0.5, 0.6) is 5.88 Å². The molecule has 6 heteroatoms. The van der Waals surface area contributed by atoms with Crippen molar-refractivity contribution in [1.82, 2.24) is 9.97 Å². The fraction of sp³-hybridized carbons (Fsp3) is 0.600. The summed E-state index contributed by atoms with van der Waals surface area (Å²) in [6.07, 6.45) is 3.79. The SMILES string of the molecule is COCCOCCCOc1cncc(N)n1. The van der Waals surface area contributed by atoms with Crippen molar-refractivity contribution in [2.45, 2.75) is 6.42 Å². The zero-order valence-corrected chi connectivity index (χ0v) is 9.39. The number of anilines is 1. The van der Waals surface area contributed by atoms with Crippen LogP contribution in [0.1, 0.15) is 6.42 Å². The van der Waals surface area contributed by atoms with Crippen molar-refractivity contribution >= 4 is 5.82 Å². The molecule has 0 aliphatic heterocycles. The Balaban J connectivity index is 2.03. The molecule has 0 aliphatic rings. The topological polar surface area (TPSA) is 79.5 Å². The lowest BCUT2D eigenvalue weighted by atomic mass is 10.5. The number of aromatic nitrogens is 2. The van der Waals surface area contributed by atoms with Crippen LogP contribution in [0.3, 0.4) is 0 Å². The first-order valence-corrected chi connectivity index (χ1v) is 5.10. The molecule has 6 nitrogen and oxygen atoms in total. The van der Waals surface area contributed by atoms with Crippen LogP contribution in [0, 0.1) is 0 Å². The summed E-state index contributed by atoms with van der Waals surface area (Å²) < 4.78 is 15.4. The minimum atomic E-state index is 0.355. The normalized spacial score (nSPS) is 10.3. The maximum Gasteiger partial charge on any atom is 0.234 e. The van der Waals surface area contributed by atoms with Crippen molar-refractivity contribution in [2.75, 3.05) is 39.3 Å². The molecule has 1 aromatic heterocycles. The smallest absolute Gasteiger partial charge is 0.234 e. The van der Waals surface area contributed by atoms with E-state index < -0.39 is 0 Å². The number of nitrogens with two attached hydrogens (primary N) is 1. The van der Waals surface area contributed by atoms with Gasteiger partial charge < -0.3 is 19.9 Å². The van der Waals surface area contributed by atoms with Crippen molar-refractivity contribution < 1.29 is 14.2 Å². The summed E-state index contributed by atoms with van der Waals surface area (Å²) in [5, 5.41) is 0. The monoisotopic (exact) mass is 227 g/mol. The highest BCUT2D eigenvalue weighted by atomic mass is 16.5. The van der Waals surface area contributed by atoms with E-state index in [1.165, 1.54) is 12.4 Å². The van der Waals surface area contributed by atoms with Crippen LogP contribution in [0.4, 0.5) is 5.82 Å². The standard InChI is InChI=1S/C10H17N3O3/c1-14-5-6-15-3-2-4-16-10-8-12-7-9(11)13-10/h7-8H,2-6H2,1H3,(H2,11,13). The van der Waals surface area contributed by atoms with Gasteiger partial charge in [0.15, 0.2) is 0 Å². The van der Waals surface area contributed by atoms with Crippen molar-refractivity contribution in [3.05, 3.63) is 12.4 Å². The highest BCUT2D eigenvalue weighted by Gasteiger charge is 1.96. The van der Waals surface area contributed by atoms with Gasteiger partial charge in [-0.25, -0.2) is 0 Å². The van der Waals surface area contributed by atoms with Crippen molar-refractivity contribution in [2.24, 2.45) is 0 Å². The molecule has 0 saturated carbocycles. The fourth-order valence-electron chi connectivity index (χ4n) is 1.01. The van der Waals surface area contributed by atoms with Crippen LogP contribution in [0.2, 0.25) is 0 Å². The lowest BCUT2D eigenvalue weighted by Gasteiger charge is -2.05. The molecule has 90 valence electrons. The molecule has 0 aliphatic carbocycles. The molecule has 0 radical (unpaired) electrons. The summed E-state index contributed by atoms with van der Waals surface area (Å²) in [5.74, 6) is 0.797. The van der Waals surface area contributed by atoms with E-state index in [4.69, 9.17) is 19.9 Å². The molecule has 0 amide bonds. The Labute approximate surface area is 94.7 Å². The van der Waals surface area contributed by atoms with Gasteiger partial charge in [0.25, 0.3) is 0 Å². The molecule has 0 unspecified atom stereocenters. The Morgan fingerprint density at radius 3 is 2.81 bits per heavy atom. The Kier molecular flexibility index (Phi) is 6.20. The number of rotatable bonds is 8. The van der Waals surface area contributed by atoms with E-state index >= 15 is 0 Å². The van der Waals surface area contributed by atoms with E-state index in [2.05, 4.69) is 9.97 Å². The second-order valence-electron chi connectivity index (χ2n) is 3.09. The van der Waals surface area contributed by atoms with Crippen molar-refractivity contribution in [3.8, 4) is 5.88 Å². The summed E-state index contributed by atoms with van der Waals surface area (Å²) in [6, 6.07) is 0. The first-order valence-electron chi connectivity index (χ1n) is 5.10. The van der Waals surface area contributed by atoms with E-state index in [1.807, 2.05) is 0 Å². The average molecular weight is 227 g/mol. The van der Waals surface area contributed by atoms with E-state index in [9.17, 15) is 0 Å². The zero-order valence-electron chi connectivity index (χ0n) is 9.39. The number of ether oxygens (including phenoxy) is 3. The highest BCUT2D eigenvalue weighted by Crippen LogP contribution is 2.05. The van der Waals surface area contributed by atoms with Crippen LogP contribution < -0.4 is 10.5 Å². The van der Waals surface area contributed by atoms with Gasteiger partial charge in [-0.2, -0.15) is 4.98 Å². The van der Waals surface area contributed by atoms with E-state index in [0.29, 0.717) is 38.1 Å². The van der Waals surface area contributed by atoms with Crippen LogP contribution in [-0.4, -0.2) is 43.5 Å². The second kappa shape index (κ2) is 7.84. The summed E-state index contributed by atoms with van der Waals surface area (Å²) in [7, 11) is 1.64. The number of nitrogen functional groups attached to an aromatic ring is 1. The highest BCUT2D eigenvalue weighted by molar-refractivity contribution is 5.25. The van der Waals surface area contributed by atoms with Gasteiger partial charge in [-0.3, -0.25) is 4.98 Å². The molecule has 1 rings (SSSR count). The molecule has 1 heterocycles. The predicted molar refractivity (Wildman–Crippen MR) is 59.3 cm³/mol. The van der Waals surface area contributed by atoms with Crippen LogP contribution in [-0.2, 0) is 9.47 Å². The molecule has 0 fully saturated rings. The van der Waals surface area contributed by atoms with Crippen LogP contribution >= 0.6 is 0 Å². The quantitative estimate of drug-likeness (QED) is 0.651. The van der Waals surface area contributed by atoms with Crippen molar-refractivity contribution in [3.63, 3.8) is 0 Å². The molecular weight excluding hydrogens is 210 g/mol. The van der Waals surface area contributed by atoms with Crippen molar-refractivity contribution in [1.29, 1.82) is 0 Å². The van der Waals surface area contributed by atoms with Gasteiger partial charge in [0.2, 0.25) is 5.88 Å². The van der Waals surface area contributed by atoms with Crippen LogP contribution in [0.25, 0.3) is 0 Å². The summed E-state index contributed by atoms with van der Waals surface area (Å²) in [5.41, 5.74) is 5.45. The average Bonchev–Trinajstić information content (AvgIpc) is 2.28. The minimum Gasteiger partial charge on any atom is -0.476 e. The van der Waals surface area contributed by atoms with Gasteiger partial charge in [0.1, 0.15) is 5.82 Å². The molecular formula is C10H17N3O3. The Morgan fingerprint density at radius 2 is 2.06 bits per heavy atom. The Bertz CT molecular complexity index is 296. The third kappa shape index (κ3) is 5.47.